The van der Waals surface area contributed by atoms with E-state index in [1.165, 1.54) is 17.7 Å². The van der Waals surface area contributed by atoms with Crippen molar-refractivity contribution in [2.75, 3.05) is 18.5 Å². The molecule has 5 rings (SSSR count). The van der Waals surface area contributed by atoms with Crippen LogP contribution in [0.1, 0.15) is 5.69 Å². The highest BCUT2D eigenvalue weighted by atomic mass is 35.5. The predicted octanol–water partition coefficient (Wildman–Crippen LogP) is 4.41. The average molecular weight is 427 g/mol. The number of benzene rings is 2. The van der Waals surface area contributed by atoms with Gasteiger partial charge in [0, 0.05) is 5.56 Å². The molecule has 0 atom stereocenters. The minimum Gasteiger partial charge on any atom is -0.486 e. The van der Waals surface area contributed by atoms with Gasteiger partial charge in [0.2, 0.25) is 0 Å². The summed E-state index contributed by atoms with van der Waals surface area (Å²) in [5, 5.41) is 13.0. The topological polar surface area (TPSA) is 89.4 Å². The van der Waals surface area contributed by atoms with Gasteiger partial charge in [0.25, 0.3) is 0 Å². The summed E-state index contributed by atoms with van der Waals surface area (Å²) in [6.45, 7) is 0.922. The number of aromatic nitrogens is 3. The molecule has 0 bridgehead atoms. The zero-order chi connectivity index (χ0) is 19.8. The number of ether oxygens (including phenoxy) is 2. The van der Waals surface area contributed by atoms with Crippen LogP contribution in [0.15, 0.2) is 42.6 Å². The molecule has 0 fully saturated rings. The summed E-state index contributed by atoms with van der Waals surface area (Å²) < 4.78 is 15.7. The Morgan fingerprint density at radius 2 is 2.00 bits per heavy atom. The maximum atomic E-state index is 9.22. The maximum Gasteiger partial charge on any atom is 0.172 e. The number of fused-ring (bicyclic) bond motifs is 2. The standard InChI is InChI=1S/C20H15ClN4O3S/c21-17-13(11-4-5-15-16(8-11)28-7-6-27-15)2-1-3-14(17)24-19-18-20(29-25-19)23-12(10-26)9-22-18/h1-5,8-9,26H,6-7,10H2,(H,24,25). The van der Waals surface area contributed by atoms with Crippen LogP contribution >= 0.6 is 23.1 Å². The molecule has 0 aliphatic carbocycles. The zero-order valence-electron chi connectivity index (χ0n) is 15.1. The molecule has 0 spiro atoms. The zero-order valence-corrected chi connectivity index (χ0v) is 16.6. The Morgan fingerprint density at radius 1 is 1.14 bits per heavy atom. The van der Waals surface area contributed by atoms with Crippen molar-refractivity contribution in [2.24, 2.45) is 0 Å². The van der Waals surface area contributed by atoms with E-state index in [1.807, 2.05) is 36.4 Å². The van der Waals surface area contributed by atoms with Crippen molar-refractivity contribution in [2.45, 2.75) is 6.61 Å². The first-order chi connectivity index (χ1) is 14.2. The molecule has 9 heteroatoms. The van der Waals surface area contributed by atoms with Gasteiger partial charge < -0.3 is 19.9 Å². The number of halogens is 1. The van der Waals surface area contributed by atoms with Gasteiger partial charge in [-0.3, -0.25) is 0 Å². The molecule has 3 heterocycles. The van der Waals surface area contributed by atoms with Gasteiger partial charge in [-0.1, -0.05) is 29.8 Å². The van der Waals surface area contributed by atoms with E-state index < -0.39 is 0 Å². The van der Waals surface area contributed by atoms with E-state index >= 15 is 0 Å². The van der Waals surface area contributed by atoms with Crippen molar-refractivity contribution in [1.29, 1.82) is 0 Å². The molecule has 2 aromatic heterocycles. The Morgan fingerprint density at radius 3 is 2.86 bits per heavy atom. The fraction of sp³-hybridized carbons (Fsp3) is 0.150. The van der Waals surface area contributed by atoms with Crippen molar-refractivity contribution >= 4 is 45.0 Å². The smallest absolute Gasteiger partial charge is 0.172 e. The first-order valence-corrected chi connectivity index (χ1v) is 10.1. The largest absolute Gasteiger partial charge is 0.486 e. The SMILES string of the molecule is OCc1cnc2c(Nc3cccc(-c4ccc5c(c4)OCCO5)c3Cl)nsc2n1. The number of anilines is 2. The van der Waals surface area contributed by atoms with Gasteiger partial charge in [0.15, 0.2) is 22.1 Å². The summed E-state index contributed by atoms with van der Waals surface area (Å²) in [4.78, 5) is 9.34. The monoisotopic (exact) mass is 426 g/mol. The molecule has 7 nitrogen and oxygen atoms in total. The van der Waals surface area contributed by atoms with Crippen molar-refractivity contribution in [1.82, 2.24) is 14.3 Å². The molecule has 29 heavy (non-hydrogen) atoms. The third-order valence-electron chi connectivity index (χ3n) is 4.51. The molecule has 0 saturated carbocycles. The lowest BCUT2D eigenvalue weighted by molar-refractivity contribution is 0.171. The normalized spacial score (nSPS) is 12.9. The number of hydrogen-bond acceptors (Lipinski definition) is 8. The van der Waals surface area contributed by atoms with Crippen LogP contribution in [-0.2, 0) is 6.61 Å². The van der Waals surface area contributed by atoms with Gasteiger partial charge in [-0.05, 0) is 35.3 Å². The van der Waals surface area contributed by atoms with Crippen LogP contribution in [0.3, 0.4) is 0 Å². The third-order valence-corrected chi connectivity index (χ3v) is 5.64. The van der Waals surface area contributed by atoms with Gasteiger partial charge >= 0.3 is 0 Å². The summed E-state index contributed by atoms with van der Waals surface area (Å²) in [7, 11) is 0. The van der Waals surface area contributed by atoms with Crippen LogP contribution in [0.25, 0.3) is 21.5 Å². The fourth-order valence-corrected chi connectivity index (χ4v) is 4.10. The lowest BCUT2D eigenvalue weighted by atomic mass is 10.0. The van der Waals surface area contributed by atoms with Crippen molar-refractivity contribution in [3.05, 3.63) is 53.3 Å². The van der Waals surface area contributed by atoms with Crippen LogP contribution in [0, 0.1) is 0 Å². The van der Waals surface area contributed by atoms with Crippen LogP contribution in [0.5, 0.6) is 11.5 Å². The molecule has 1 aliphatic heterocycles. The Bertz CT molecular complexity index is 1210. The number of nitrogens with zero attached hydrogens (tertiary/aromatic N) is 3. The first kappa shape index (κ1) is 18.1. The molecule has 4 aromatic rings. The highest BCUT2D eigenvalue weighted by Gasteiger charge is 2.16. The van der Waals surface area contributed by atoms with Gasteiger partial charge in [0.05, 0.1) is 29.2 Å². The average Bonchev–Trinajstić information content (AvgIpc) is 3.16. The summed E-state index contributed by atoms with van der Waals surface area (Å²) in [5.74, 6) is 2.02. The highest BCUT2D eigenvalue weighted by molar-refractivity contribution is 7.13. The molecule has 2 N–H and O–H groups in total. The molecule has 0 saturated heterocycles. The lowest BCUT2D eigenvalue weighted by Gasteiger charge is -2.19. The fourth-order valence-electron chi connectivity index (χ4n) is 3.11. The van der Waals surface area contributed by atoms with Gasteiger partial charge in [0.1, 0.15) is 18.7 Å². The maximum absolute atomic E-state index is 9.22. The van der Waals surface area contributed by atoms with E-state index in [9.17, 15) is 5.11 Å². The quantitative estimate of drug-likeness (QED) is 0.499. The van der Waals surface area contributed by atoms with Crippen molar-refractivity contribution in [3.8, 4) is 22.6 Å². The Kier molecular flexibility index (Phi) is 4.67. The highest BCUT2D eigenvalue weighted by Crippen LogP contribution is 2.40. The molecule has 0 unspecified atom stereocenters. The minimum atomic E-state index is -0.160. The second-order valence-corrected chi connectivity index (χ2v) is 7.48. The van der Waals surface area contributed by atoms with E-state index in [1.54, 1.807) is 0 Å². The molecule has 146 valence electrons. The molecular formula is C20H15ClN4O3S. The van der Waals surface area contributed by atoms with Crippen LogP contribution in [0.2, 0.25) is 5.02 Å². The Balaban J connectivity index is 1.50. The number of rotatable bonds is 4. The Labute approximate surface area is 175 Å². The Hall–Kier alpha value is -2.94. The third kappa shape index (κ3) is 3.35. The summed E-state index contributed by atoms with van der Waals surface area (Å²) >= 11 is 7.93. The van der Waals surface area contributed by atoms with Crippen molar-refractivity contribution < 1.29 is 14.6 Å². The predicted molar refractivity (Wildman–Crippen MR) is 112 cm³/mol. The number of nitrogens with one attached hydrogen (secondary N) is 1. The second-order valence-electron chi connectivity index (χ2n) is 6.35. The molecular weight excluding hydrogens is 412 g/mol. The summed E-state index contributed by atoms with van der Waals surface area (Å²) in [6, 6.07) is 11.5. The number of aliphatic hydroxyl groups is 1. The molecule has 1 aliphatic rings. The van der Waals surface area contributed by atoms with E-state index in [0.717, 1.165) is 16.9 Å². The number of aliphatic hydroxyl groups excluding tert-OH is 1. The van der Waals surface area contributed by atoms with Gasteiger partial charge in [-0.15, -0.1) is 0 Å². The molecule has 0 amide bonds. The van der Waals surface area contributed by atoms with Gasteiger partial charge in [-0.2, -0.15) is 4.37 Å². The van der Waals surface area contributed by atoms with Crippen LogP contribution < -0.4 is 14.8 Å². The van der Waals surface area contributed by atoms with E-state index in [4.69, 9.17) is 21.1 Å². The first-order valence-electron chi connectivity index (χ1n) is 8.90. The van der Waals surface area contributed by atoms with Crippen LogP contribution in [0.4, 0.5) is 11.5 Å². The van der Waals surface area contributed by atoms with Crippen molar-refractivity contribution in [3.63, 3.8) is 0 Å². The second kappa shape index (κ2) is 7.47. The van der Waals surface area contributed by atoms with Crippen LogP contribution in [-0.4, -0.2) is 32.7 Å². The number of hydrogen-bond donors (Lipinski definition) is 2. The van der Waals surface area contributed by atoms with E-state index in [-0.39, 0.29) is 6.61 Å². The minimum absolute atomic E-state index is 0.160. The molecule has 2 aromatic carbocycles. The summed E-state index contributed by atoms with van der Waals surface area (Å²) in [5.41, 5.74) is 3.64. The van der Waals surface area contributed by atoms with E-state index in [0.29, 0.717) is 51.5 Å². The van der Waals surface area contributed by atoms with E-state index in [2.05, 4.69) is 19.7 Å². The lowest BCUT2D eigenvalue weighted by Crippen LogP contribution is -2.15. The molecule has 0 radical (unpaired) electrons. The summed E-state index contributed by atoms with van der Waals surface area (Å²) in [6.07, 6.45) is 1.54. The van der Waals surface area contributed by atoms with Gasteiger partial charge in [-0.25, -0.2) is 9.97 Å².